The quantitative estimate of drug-likeness (QED) is 0.693. The molecule has 0 bridgehead atoms. The van der Waals surface area contributed by atoms with Crippen molar-refractivity contribution in [1.82, 2.24) is 9.80 Å². The molecule has 5 atom stereocenters. The number of carbonyl (C=O) groups is 1. The van der Waals surface area contributed by atoms with E-state index < -0.39 is 6.29 Å². The molecular formula is C16H26N2O3. The normalized spacial score (nSPS) is 43.7. The van der Waals surface area contributed by atoms with Gasteiger partial charge in [0.2, 0.25) is 5.91 Å². The molecule has 0 radical (unpaired) electrons. The van der Waals surface area contributed by atoms with E-state index in [-0.39, 0.29) is 23.9 Å². The summed E-state index contributed by atoms with van der Waals surface area (Å²) < 4.78 is 0. The minimum atomic E-state index is -1.40. The SMILES string of the molecule is O=C1CCCC2C3CCCN4CCCC(C34)C(C(O)O)N12. The first-order valence-corrected chi connectivity index (χ1v) is 8.60. The topological polar surface area (TPSA) is 64.0 Å². The molecule has 0 aromatic heterocycles. The number of aliphatic hydroxyl groups excluding tert-OH is 1. The van der Waals surface area contributed by atoms with Crippen molar-refractivity contribution in [2.45, 2.75) is 69.4 Å². The van der Waals surface area contributed by atoms with Crippen LogP contribution in [-0.2, 0) is 4.79 Å². The summed E-state index contributed by atoms with van der Waals surface area (Å²) in [5.41, 5.74) is 0. The molecule has 4 heterocycles. The number of hydrogen-bond acceptors (Lipinski definition) is 4. The number of nitrogens with zero attached hydrogens (tertiary/aromatic N) is 2. The van der Waals surface area contributed by atoms with Gasteiger partial charge < -0.3 is 15.1 Å². The predicted molar refractivity (Wildman–Crippen MR) is 77.3 cm³/mol. The highest BCUT2D eigenvalue weighted by molar-refractivity contribution is 5.78. The highest BCUT2D eigenvalue weighted by Gasteiger charge is 2.56. The second-order valence-electron chi connectivity index (χ2n) is 7.30. The number of fused-ring (bicyclic) bond motifs is 2. The highest BCUT2D eigenvalue weighted by atomic mass is 16.5. The van der Waals surface area contributed by atoms with Crippen LogP contribution in [0.15, 0.2) is 0 Å². The molecule has 4 aliphatic rings. The Bertz CT molecular complexity index is 426. The van der Waals surface area contributed by atoms with Crippen molar-refractivity contribution >= 4 is 5.91 Å². The Balaban J connectivity index is 1.74. The first kappa shape index (κ1) is 14.0. The Kier molecular flexibility index (Phi) is 3.47. The number of hydrogen-bond donors (Lipinski definition) is 2. The monoisotopic (exact) mass is 294 g/mol. The average Bonchev–Trinajstić information content (AvgIpc) is 2.48. The largest absolute Gasteiger partial charge is 0.366 e. The molecule has 118 valence electrons. The molecular weight excluding hydrogens is 268 g/mol. The first-order chi connectivity index (χ1) is 10.2. The second-order valence-corrected chi connectivity index (χ2v) is 7.30. The molecule has 0 aliphatic carbocycles. The van der Waals surface area contributed by atoms with Gasteiger partial charge in [0.05, 0.1) is 6.04 Å². The molecule has 4 saturated heterocycles. The fraction of sp³-hybridized carbons (Fsp3) is 0.938. The lowest BCUT2D eigenvalue weighted by molar-refractivity contribution is -0.199. The average molecular weight is 294 g/mol. The smallest absolute Gasteiger partial charge is 0.223 e. The summed E-state index contributed by atoms with van der Waals surface area (Å²) in [5.74, 6) is 0.927. The zero-order valence-electron chi connectivity index (χ0n) is 12.5. The van der Waals surface area contributed by atoms with E-state index in [0.717, 1.165) is 38.8 Å². The maximum Gasteiger partial charge on any atom is 0.223 e. The summed E-state index contributed by atoms with van der Waals surface area (Å²) in [6.07, 6.45) is 5.73. The summed E-state index contributed by atoms with van der Waals surface area (Å²) in [7, 11) is 0. The lowest BCUT2D eigenvalue weighted by Crippen LogP contribution is -2.72. The fourth-order valence-electron chi connectivity index (χ4n) is 5.76. The van der Waals surface area contributed by atoms with Crippen molar-refractivity contribution in [3.05, 3.63) is 0 Å². The Morgan fingerprint density at radius 1 is 1.00 bits per heavy atom. The third kappa shape index (κ3) is 2.05. The van der Waals surface area contributed by atoms with Gasteiger partial charge in [0, 0.05) is 24.4 Å². The van der Waals surface area contributed by atoms with E-state index in [4.69, 9.17) is 0 Å². The van der Waals surface area contributed by atoms with Crippen LogP contribution in [0, 0.1) is 11.8 Å². The molecule has 5 heteroatoms. The van der Waals surface area contributed by atoms with Crippen LogP contribution in [0.4, 0.5) is 0 Å². The maximum atomic E-state index is 12.5. The zero-order chi connectivity index (χ0) is 14.6. The summed E-state index contributed by atoms with van der Waals surface area (Å²) in [6.45, 7) is 2.29. The lowest BCUT2D eigenvalue weighted by Gasteiger charge is -2.61. The Labute approximate surface area is 125 Å². The first-order valence-electron chi connectivity index (χ1n) is 8.60. The van der Waals surface area contributed by atoms with E-state index in [0.29, 0.717) is 18.4 Å². The lowest BCUT2D eigenvalue weighted by atomic mass is 9.65. The third-order valence-electron chi connectivity index (χ3n) is 6.36. The van der Waals surface area contributed by atoms with Gasteiger partial charge in [0.15, 0.2) is 6.29 Å². The van der Waals surface area contributed by atoms with Gasteiger partial charge in [-0.2, -0.15) is 0 Å². The second kappa shape index (κ2) is 5.21. The van der Waals surface area contributed by atoms with E-state index in [2.05, 4.69) is 4.90 Å². The standard InChI is InChI=1S/C16H26N2O3/c19-13-7-1-6-12-10-4-2-8-17-9-3-5-11(14(10)17)15(16(20)21)18(12)13/h10-12,14-16,20-21H,1-9H2. The Morgan fingerprint density at radius 3 is 2.43 bits per heavy atom. The van der Waals surface area contributed by atoms with Crippen molar-refractivity contribution in [3.8, 4) is 0 Å². The Hall–Kier alpha value is -0.650. The highest BCUT2D eigenvalue weighted by Crippen LogP contribution is 2.48. The van der Waals surface area contributed by atoms with Crippen LogP contribution in [0.3, 0.4) is 0 Å². The molecule has 5 unspecified atom stereocenters. The van der Waals surface area contributed by atoms with Crippen LogP contribution in [0.1, 0.15) is 44.9 Å². The van der Waals surface area contributed by atoms with Gasteiger partial charge in [-0.05, 0) is 57.5 Å². The third-order valence-corrected chi connectivity index (χ3v) is 6.36. The molecule has 0 saturated carbocycles. The number of piperidine rings is 4. The van der Waals surface area contributed by atoms with Crippen LogP contribution in [0.25, 0.3) is 0 Å². The fourth-order valence-corrected chi connectivity index (χ4v) is 5.76. The summed E-state index contributed by atoms with van der Waals surface area (Å²) in [4.78, 5) is 16.9. The molecule has 1 amide bonds. The molecule has 2 N–H and O–H groups in total. The minimum absolute atomic E-state index is 0.144. The molecule has 0 spiro atoms. The van der Waals surface area contributed by atoms with Crippen LogP contribution in [0.5, 0.6) is 0 Å². The van der Waals surface area contributed by atoms with Crippen molar-refractivity contribution in [3.63, 3.8) is 0 Å². The predicted octanol–water partition coefficient (Wildman–Crippen LogP) is 0.551. The summed E-state index contributed by atoms with van der Waals surface area (Å²) in [5, 5.41) is 20.0. The zero-order valence-corrected chi connectivity index (χ0v) is 12.5. The van der Waals surface area contributed by atoms with Crippen LogP contribution in [-0.4, -0.2) is 63.4 Å². The van der Waals surface area contributed by atoms with Crippen molar-refractivity contribution in [2.24, 2.45) is 11.8 Å². The van der Waals surface area contributed by atoms with E-state index in [1.807, 2.05) is 4.90 Å². The minimum Gasteiger partial charge on any atom is -0.366 e. The molecule has 5 nitrogen and oxygen atoms in total. The van der Waals surface area contributed by atoms with Crippen molar-refractivity contribution in [2.75, 3.05) is 13.1 Å². The molecule has 0 aromatic rings. The number of aliphatic hydroxyl groups is 2. The van der Waals surface area contributed by atoms with Crippen LogP contribution < -0.4 is 0 Å². The van der Waals surface area contributed by atoms with Crippen LogP contribution >= 0.6 is 0 Å². The molecule has 0 aromatic carbocycles. The van der Waals surface area contributed by atoms with E-state index >= 15 is 0 Å². The summed E-state index contributed by atoms with van der Waals surface area (Å²) >= 11 is 0. The Morgan fingerprint density at radius 2 is 1.71 bits per heavy atom. The van der Waals surface area contributed by atoms with Gasteiger partial charge >= 0.3 is 0 Å². The van der Waals surface area contributed by atoms with Crippen LogP contribution in [0.2, 0.25) is 0 Å². The van der Waals surface area contributed by atoms with Gasteiger partial charge in [0.25, 0.3) is 0 Å². The van der Waals surface area contributed by atoms with Gasteiger partial charge in [0.1, 0.15) is 0 Å². The van der Waals surface area contributed by atoms with E-state index in [1.165, 1.54) is 12.8 Å². The summed E-state index contributed by atoms with van der Waals surface area (Å²) in [6, 6.07) is 0.316. The van der Waals surface area contributed by atoms with E-state index in [9.17, 15) is 15.0 Å². The number of carbonyl (C=O) groups excluding carboxylic acids is 1. The van der Waals surface area contributed by atoms with Gasteiger partial charge in [-0.25, -0.2) is 0 Å². The van der Waals surface area contributed by atoms with E-state index in [1.54, 1.807) is 0 Å². The van der Waals surface area contributed by atoms with Crippen molar-refractivity contribution in [1.29, 1.82) is 0 Å². The maximum absolute atomic E-state index is 12.5. The molecule has 21 heavy (non-hydrogen) atoms. The number of rotatable bonds is 1. The molecule has 4 fully saturated rings. The molecule has 4 aliphatic heterocycles. The molecule has 4 rings (SSSR count). The van der Waals surface area contributed by atoms with Gasteiger partial charge in [-0.15, -0.1) is 0 Å². The number of amides is 1. The van der Waals surface area contributed by atoms with Gasteiger partial charge in [-0.3, -0.25) is 9.69 Å². The van der Waals surface area contributed by atoms with Gasteiger partial charge in [-0.1, -0.05) is 0 Å². The van der Waals surface area contributed by atoms with Crippen molar-refractivity contribution < 1.29 is 15.0 Å².